The minimum Gasteiger partial charge on any atom is -0.386 e. The predicted octanol–water partition coefficient (Wildman–Crippen LogP) is 4.82. The standard InChI is InChI=1S/C22H21ClN2O6Si/c23-14-15-32(20-10-2-1-3-11-20,30-16-18-8-4-6-12-21(18)24(26)27)31-17-19-9-5-7-13-22(19)25(28)29/h1-13H,14-17H2. The number of hydrogen-bond acceptors (Lipinski definition) is 6. The first-order chi connectivity index (χ1) is 15.5. The summed E-state index contributed by atoms with van der Waals surface area (Å²) < 4.78 is 12.6. The van der Waals surface area contributed by atoms with Gasteiger partial charge in [-0.25, -0.2) is 0 Å². The maximum Gasteiger partial charge on any atom is 0.374 e. The molecule has 3 rings (SSSR count). The van der Waals surface area contributed by atoms with Gasteiger partial charge in [-0.15, -0.1) is 11.6 Å². The van der Waals surface area contributed by atoms with Crippen molar-refractivity contribution in [3.05, 3.63) is 110 Å². The molecule has 0 unspecified atom stereocenters. The molecule has 0 N–H and O–H groups in total. The van der Waals surface area contributed by atoms with Crippen LogP contribution in [0.15, 0.2) is 78.9 Å². The second-order valence-electron chi connectivity index (χ2n) is 6.91. The summed E-state index contributed by atoms with van der Waals surface area (Å²) in [5, 5.41) is 23.6. The Kier molecular flexibility index (Phi) is 8.07. The smallest absolute Gasteiger partial charge is 0.374 e. The van der Waals surface area contributed by atoms with Crippen LogP contribution in [0.25, 0.3) is 0 Å². The van der Waals surface area contributed by atoms with Crippen LogP contribution in [0, 0.1) is 20.2 Å². The summed E-state index contributed by atoms with van der Waals surface area (Å²) in [5.74, 6) is 0.231. The molecule has 0 saturated carbocycles. The van der Waals surface area contributed by atoms with Gasteiger partial charge < -0.3 is 8.85 Å². The van der Waals surface area contributed by atoms with Gasteiger partial charge in [0.05, 0.1) is 34.2 Å². The Labute approximate surface area is 190 Å². The summed E-state index contributed by atoms with van der Waals surface area (Å²) in [4.78, 5) is 21.9. The van der Waals surface area contributed by atoms with Crippen molar-refractivity contribution in [2.45, 2.75) is 19.3 Å². The van der Waals surface area contributed by atoms with Crippen LogP contribution in [0.3, 0.4) is 0 Å². The summed E-state index contributed by atoms with van der Waals surface area (Å²) in [7, 11) is -3.23. The molecule has 0 radical (unpaired) electrons. The van der Waals surface area contributed by atoms with E-state index in [0.717, 1.165) is 5.19 Å². The van der Waals surface area contributed by atoms with Crippen LogP contribution in [0.4, 0.5) is 11.4 Å². The lowest BCUT2D eigenvalue weighted by Gasteiger charge is -2.31. The molecule has 0 atom stereocenters. The lowest BCUT2D eigenvalue weighted by molar-refractivity contribution is -0.385. The fraction of sp³-hybridized carbons (Fsp3) is 0.182. The summed E-state index contributed by atoms with van der Waals surface area (Å²) in [6, 6.07) is 22.3. The minimum atomic E-state index is -3.23. The third-order valence-corrected chi connectivity index (χ3v) is 8.78. The summed E-state index contributed by atoms with van der Waals surface area (Å²) in [5.41, 5.74) is 0.726. The Morgan fingerprint density at radius 1 is 0.719 bits per heavy atom. The van der Waals surface area contributed by atoms with Crippen LogP contribution in [0.1, 0.15) is 11.1 Å². The molecule has 10 heteroatoms. The highest BCUT2D eigenvalue weighted by atomic mass is 35.5. The number of nitrogens with zero attached hydrogens (tertiary/aromatic N) is 2. The molecule has 3 aromatic rings. The van der Waals surface area contributed by atoms with Crippen molar-refractivity contribution >= 4 is 36.7 Å². The predicted molar refractivity (Wildman–Crippen MR) is 123 cm³/mol. The zero-order valence-corrected chi connectivity index (χ0v) is 18.8. The lowest BCUT2D eigenvalue weighted by atomic mass is 10.2. The van der Waals surface area contributed by atoms with Crippen molar-refractivity contribution in [2.24, 2.45) is 0 Å². The molecule has 0 amide bonds. The van der Waals surface area contributed by atoms with Crippen molar-refractivity contribution < 1.29 is 18.7 Å². The zero-order valence-electron chi connectivity index (χ0n) is 17.1. The number of hydrogen-bond donors (Lipinski definition) is 0. The number of nitro groups is 2. The van der Waals surface area contributed by atoms with Crippen LogP contribution in [0.2, 0.25) is 6.04 Å². The third-order valence-electron chi connectivity index (χ3n) is 4.94. The quantitative estimate of drug-likeness (QED) is 0.171. The SMILES string of the molecule is O=[N+]([O-])c1ccccc1CO[Si](CCCl)(OCc1ccccc1[N+](=O)[O-])c1ccccc1. The molecule has 0 bridgehead atoms. The lowest BCUT2D eigenvalue weighted by Crippen LogP contribution is -2.54. The molecule has 0 aliphatic carbocycles. The summed E-state index contributed by atoms with van der Waals surface area (Å²) >= 11 is 6.12. The van der Waals surface area contributed by atoms with Crippen LogP contribution in [-0.4, -0.2) is 24.3 Å². The van der Waals surface area contributed by atoms with E-state index in [-0.39, 0.29) is 30.5 Å². The van der Waals surface area contributed by atoms with Gasteiger partial charge in [0.1, 0.15) is 0 Å². The van der Waals surface area contributed by atoms with Crippen LogP contribution in [0.5, 0.6) is 0 Å². The maximum atomic E-state index is 11.4. The molecular formula is C22H21ClN2O6Si. The van der Waals surface area contributed by atoms with Crippen LogP contribution in [-0.2, 0) is 22.1 Å². The normalized spacial score (nSPS) is 11.3. The van der Waals surface area contributed by atoms with Gasteiger partial charge in [0.2, 0.25) is 0 Å². The van der Waals surface area contributed by atoms with E-state index < -0.39 is 18.4 Å². The van der Waals surface area contributed by atoms with E-state index in [2.05, 4.69) is 0 Å². The van der Waals surface area contributed by atoms with Crippen molar-refractivity contribution in [3.63, 3.8) is 0 Å². The second-order valence-corrected chi connectivity index (χ2v) is 10.4. The number of para-hydroxylation sites is 2. The van der Waals surface area contributed by atoms with E-state index in [4.69, 9.17) is 20.5 Å². The Bertz CT molecular complexity index is 1020. The third kappa shape index (κ3) is 5.57. The van der Waals surface area contributed by atoms with E-state index in [1.54, 1.807) is 36.4 Å². The number of rotatable bonds is 11. The van der Waals surface area contributed by atoms with Crippen molar-refractivity contribution in [1.82, 2.24) is 0 Å². The topological polar surface area (TPSA) is 105 Å². The zero-order chi connectivity index (χ0) is 23.0. The molecule has 0 heterocycles. The highest BCUT2D eigenvalue weighted by molar-refractivity contribution is 6.81. The molecule has 3 aromatic carbocycles. The van der Waals surface area contributed by atoms with E-state index in [1.807, 2.05) is 30.3 Å². The Balaban J connectivity index is 1.95. The number of alkyl halides is 1. The molecule has 0 spiro atoms. The van der Waals surface area contributed by atoms with Crippen LogP contribution >= 0.6 is 11.6 Å². The fourth-order valence-corrected chi connectivity index (χ4v) is 6.79. The highest BCUT2D eigenvalue weighted by Crippen LogP contribution is 2.26. The first-order valence-electron chi connectivity index (χ1n) is 9.81. The fourth-order valence-electron chi connectivity index (χ4n) is 3.32. The monoisotopic (exact) mass is 472 g/mol. The average molecular weight is 473 g/mol. The molecule has 32 heavy (non-hydrogen) atoms. The summed E-state index contributed by atoms with van der Waals surface area (Å²) in [6.07, 6.45) is 0. The summed E-state index contributed by atoms with van der Waals surface area (Å²) in [6.45, 7) is -0.0991. The Morgan fingerprint density at radius 2 is 1.16 bits per heavy atom. The van der Waals surface area contributed by atoms with Gasteiger partial charge in [0.15, 0.2) is 0 Å². The van der Waals surface area contributed by atoms with Gasteiger partial charge in [-0.2, -0.15) is 0 Å². The van der Waals surface area contributed by atoms with E-state index in [1.165, 1.54) is 12.1 Å². The van der Waals surface area contributed by atoms with E-state index in [9.17, 15) is 20.2 Å². The Morgan fingerprint density at radius 3 is 1.59 bits per heavy atom. The van der Waals surface area contributed by atoms with E-state index in [0.29, 0.717) is 17.2 Å². The molecule has 0 aliphatic rings. The van der Waals surface area contributed by atoms with Crippen molar-refractivity contribution in [1.29, 1.82) is 0 Å². The molecule has 166 valence electrons. The number of nitro benzene ring substituents is 2. The molecule has 0 aliphatic heterocycles. The van der Waals surface area contributed by atoms with Gasteiger partial charge in [-0.05, 0) is 17.3 Å². The number of halogens is 1. The van der Waals surface area contributed by atoms with Crippen LogP contribution < -0.4 is 5.19 Å². The Hall–Kier alpha value is -3.11. The molecule has 8 nitrogen and oxygen atoms in total. The molecule has 0 aromatic heterocycles. The minimum absolute atomic E-state index is 0.0481. The first-order valence-corrected chi connectivity index (χ1v) is 12.4. The molecular weight excluding hydrogens is 452 g/mol. The van der Waals surface area contributed by atoms with Gasteiger partial charge >= 0.3 is 8.56 Å². The van der Waals surface area contributed by atoms with Gasteiger partial charge in [0.25, 0.3) is 11.4 Å². The highest BCUT2D eigenvalue weighted by Gasteiger charge is 2.40. The van der Waals surface area contributed by atoms with Gasteiger partial charge in [-0.3, -0.25) is 20.2 Å². The van der Waals surface area contributed by atoms with Crippen molar-refractivity contribution in [3.8, 4) is 0 Å². The number of benzene rings is 3. The first kappa shape index (κ1) is 23.5. The molecule has 0 saturated heterocycles. The van der Waals surface area contributed by atoms with Crippen molar-refractivity contribution in [2.75, 3.05) is 5.88 Å². The second kappa shape index (κ2) is 11.0. The van der Waals surface area contributed by atoms with Gasteiger partial charge in [0, 0.05) is 24.1 Å². The maximum absolute atomic E-state index is 11.4. The average Bonchev–Trinajstić information content (AvgIpc) is 2.81. The molecule has 0 fully saturated rings. The largest absolute Gasteiger partial charge is 0.386 e. The van der Waals surface area contributed by atoms with Gasteiger partial charge in [-0.1, -0.05) is 54.6 Å². The van der Waals surface area contributed by atoms with E-state index >= 15 is 0 Å².